The summed E-state index contributed by atoms with van der Waals surface area (Å²) >= 11 is 0. The van der Waals surface area contributed by atoms with Crippen LogP contribution in [0.2, 0.25) is 19.6 Å². The molecule has 15 heavy (non-hydrogen) atoms. The minimum atomic E-state index is -2.90. The molecule has 0 aromatic heterocycles. The molecular formula is C10H25O3PSi. The third kappa shape index (κ3) is 7.29. The molecule has 0 aromatic rings. The minimum Gasteiger partial charge on any atom is -0.351 e. The van der Waals surface area contributed by atoms with Crippen LogP contribution in [0.3, 0.4) is 0 Å². The van der Waals surface area contributed by atoms with Crippen LogP contribution in [0.1, 0.15) is 27.7 Å². The van der Waals surface area contributed by atoms with Crippen LogP contribution in [0, 0.1) is 5.41 Å². The first-order valence-electron chi connectivity index (χ1n) is 5.30. The van der Waals surface area contributed by atoms with Gasteiger partial charge in [-0.1, -0.05) is 20.8 Å². The van der Waals surface area contributed by atoms with Crippen molar-refractivity contribution in [1.82, 2.24) is 0 Å². The Morgan fingerprint density at radius 2 is 1.60 bits per heavy atom. The van der Waals surface area contributed by atoms with E-state index in [1.54, 1.807) is 6.66 Å². The first-order valence-corrected chi connectivity index (χ1v) is 10.7. The third-order valence-electron chi connectivity index (χ3n) is 2.01. The highest BCUT2D eigenvalue weighted by atomic mass is 31.2. The molecule has 0 heterocycles. The zero-order chi connectivity index (χ0) is 12.5. The molecule has 0 aliphatic heterocycles. The Balaban J connectivity index is 4.46. The second-order valence-electron chi connectivity index (χ2n) is 6.09. The van der Waals surface area contributed by atoms with Crippen molar-refractivity contribution in [2.75, 3.05) is 6.66 Å². The summed E-state index contributed by atoms with van der Waals surface area (Å²) in [5, 5.41) is 0. The number of hydrogen-bond acceptors (Lipinski definition) is 3. The van der Waals surface area contributed by atoms with E-state index in [2.05, 4.69) is 20.8 Å². The van der Waals surface area contributed by atoms with Gasteiger partial charge in [-0.2, -0.15) is 0 Å². The quantitative estimate of drug-likeness (QED) is 0.558. The highest BCUT2D eigenvalue weighted by Gasteiger charge is 2.32. The first-order chi connectivity index (χ1) is 6.33. The average Bonchev–Trinajstić information content (AvgIpc) is 1.76. The van der Waals surface area contributed by atoms with Crippen molar-refractivity contribution in [3.05, 3.63) is 0 Å². The van der Waals surface area contributed by atoms with Crippen LogP contribution in [0.15, 0.2) is 0 Å². The Kier molecular flexibility index (Phi) is 4.82. The summed E-state index contributed by atoms with van der Waals surface area (Å²) in [4.78, 5) is 0. The maximum Gasteiger partial charge on any atom is 0.318 e. The lowest BCUT2D eigenvalue weighted by Gasteiger charge is -2.32. The largest absolute Gasteiger partial charge is 0.351 e. The SMILES string of the molecule is CC(OP(C)(=O)O[Si](C)(C)C)C(C)(C)C. The minimum absolute atomic E-state index is 0.0194. The van der Waals surface area contributed by atoms with Gasteiger partial charge in [0.05, 0.1) is 6.10 Å². The highest BCUT2D eigenvalue weighted by Crippen LogP contribution is 2.49. The third-order valence-corrected chi connectivity index (χ3v) is 6.23. The van der Waals surface area contributed by atoms with Gasteiger partial charge < -0.3 is 8.74 Å². The zero-order valence-electron chi connectivity index (χ0n) is 11.2. The lowest BCUT2D eigenvalue weighted by atomic mass is 9.91. The molecule has 0 spiro atoms. The molecule has 0 radical (unpaired) electrons. The maximum atomic E-state index is 12.1. The summed E-state index contributed by atoms with van der Waals surface area (Å²) < 4.78 is 23.2. The second-order valence-corrected chi connectivity index (χ2v) is 12.8. The molecule has 0 rings (SSSR count). The molecule has 2 unspecified atom stereocenters. The summed E-state index contributed by atoms with van der Waals surface area (Å²) in [6.07, 6.45) is -0.0790. The molecule has 0 fully saturated rings. The Bertz CT molecular complexity index is 252. The predicted octanol–water partition coefficient (Wildman–Crippen LogP) is 4.11. The molecule has 0 aliphatic rings. The summed E-state index contributed by atoms with van der Waals surface area (Å²) in [6.45, 7) is 15.7. The van der Waals surface area contributed by atoms with Gasteiger partial charge in [0, 0.05) is 6.66 Å². The monoisotopic (exact) mass is 252 g/mol. The molecule has 0 aromatic carbocycles. The van der Waals surface area contributed by atoms with Crippen LogP contribution in [0.25, 0.3) is 0 Å². The first kappa shape index (κ1) is 15.4. The van der Waals surface area contributed by atoms with Gasteiger partial charge in [-0.15, -0.1) is 0 Å². The number of rotatable bonds is 4. The van der Waals surface area contributed by atoms with Crippen molar-refractivity contribution in [3.8, 4) is 0 Å². The topological polar surface area (TPSA) is 35.5 Å². The van der Waals surface area contributed by atoms with Gasteiger partial charge >= 0.3 is 7.60 Å². The molecule has 3 nitrogen and oxygen atoms in total. The normalized spacial score (nSPS) is 19.7. The molecule has 92 valence electrons. The molecular weight excluding hydrogens is 227 g/mol. The van der Waals surface area contributed by atoms with Gasteiger partial charge in [0.25, 0.3) is 0 Å². The van der Waals surface area contributed by atoms with E-state index >= 15 is 0 Å². The lowest BCUT2D eigenvalue weighted by Crippen LogP contribution is -2.29. The van der Waals surface area contributed by atoms with Crippen molar-refractivity contribution >= 4 is 15.9 Å². The van der Waals surface area contributed by atoms with Crippen LogP contribution in [0.4, 0.5) is 0 Å². The molecule has 2 atom stereocenters. The Morgan fingerprint density at radius 3 is 1.87 bits per heavy atom. The van der Waals surface area contributed by atoms with E-state index in [0.29, 0.717) is 0 Å². The van der Waals surface area contributed by atoms with Gasteiger partial charge in [-0.25, -0.2) is 0 Å². The van der Waals surface area contributed by atoms with Gasteiger partial charge in [0.15, 0.2) is 8.32 Å². The van der Waals surface area contributed by atoms with E-state index in [9.17, 15) is 4.57 Å². The van der Waals surface area contributed by atoms with Crippen molar-refractivity contribution in [3.63, 3.8) is 0 Å². The van der Waals surface area contributed by atoms with Crippen molar-refractivity contribution in [2.45, 2.75) is 53.4 Å². The molecule has 0 amide bonds. The fourth-order valence-corrected chi connectivity index (χ4v) is 6.01. The second kappa shape index (κ2) is 4.70. The summed E-state index contributed by atoms with van der Waals surface area (Å²) in [5.74, 6) is 0. The fraction of sp³-hybridized carbons (Fsp3) is 1.00. The standard InChI is InChI=1S/C10H25O3PSi/c1-9(10(2,3)4)12-14(5,11)13-15(6,7)8/h9H,1-8H3. The molecule has 0 N–H and O–H groups in total. The molecule has 5 heteroatoms. The Labute approximate surface area is 95.2 Å². The van der Waals surface area contributed by atoms with Crippen LogP contribution >= 0.6 is 7.60 Å². The van der Waals surface area contributed by atoms with Gasteiger partial charge in [-0.05, 0) is 32.0 Å². The van der Waals surface area contributed by atoms with Gasteiger partial charge in [-0.3, -0.25) is 4.57 Å². The smallest absolute Gasteiger partial charge is 0.318 e. The van der Waals surface area contributed by atoms with Crippen LogP contribution in [-0.2, 0) is 13.3 Å². The van der Waals surface area contributed by atoms with Crippen molar-refractivity contribution in [1.29, 1.82) is 0 Å². The summed E-state index contributed by atoms with van der Waals surface area (Å²) in [7, 11) is -4.71. The van der Waals surface area contributed by atoms with E-state index in [-0.39, 0.29) is 11.5 Å². The predicted molar refractivity (Wildman–Crippen MR) is 68.0 cm³/mol. The van der Waals surface area contributed by atoms with Gasteiger partial charge in [0.2, 0.25) is 0 Å². The van der Waals surface area contributed by atoms with Crippen molar-refractivity contribution in [2.24, 2.45) is 5.41 Å². The molecule has 0 saturated carbocycles. The van der Waals surface area contributed by atoms with E-state index in [0.717, 1.165) is 0 Å². The van der Waals surface area contributed by atoms with E-state index < -0.39 is 15.9 Å². The van der Waals surface area contributed by atoms with E-state index in [1.807, 2.05) is 26.6 Å². The maximum absolute atomic E-state index is 12.1. The van der Waals surface area contributed by atoms with E-state index in [1.165, 1.54) is 0 Å². The zero-order valence-corrected chi connectivity index (χ0v) is 13.1. The Morgan fingerprint density at radius 1 is 1.20 bits per heavy atom. The summed E-state index contributed by atoms with van der Waals surface area (Å²) in [5.41, 5.74) is -0.0194. The fourth-order valence-electron chi connectivity index (χ4n) is 0.964. The lowest BCUT2D eigenvalue weighted by molar-refractivity contribution is 0.0929. The molecule has 0 aliphatic carbocycles. The van der Waals surface area contributed by atoms with Crippen molar-refractivity contribution < 1.29 is 13.3 Å². The van der Waals surface area contributed by atoms with Crippen LogP contribution < -0.4 is 0 Å². The van der Waals surface area contributed by atoms with Gasteiger partial charge in [0.1, 0.15) is 0 Å². The molecule has 0 bridgehead atoms. The summed E-state index contributed by atoms with van der Waals surface area (Å²) in [6, 6.07) is 0. The highest BCUT2D eigenvalue weighted by molar-refractivity contribution is 7.54. The van der Waals surface area contributed by atoms with E-state index in [4.69, 9.17) is 8.74 Å². The van der Waals surface area contributed by atoms with Crippen LogP contribution in [-0.4, -0.2) is 21.1 Å². The average molecular weight is 252 g/mol. The Hall–Kier alpha value is 0.367. The number of hydrogen-bond donors (Lipinski definition) is 0. The molecule has 0 saturated heterocycles. The van der Waals surface area contributed by atoms with Crippen LogP contribution in [0.5, 0.6) is 0 Å².